The lowest BCUT2D eigenvalue weighted by molar-refractivity contribution is -0.126. The summed E-state index contributed by atoms with van der Waals surface area (Å²) in [5.41, 5.74) is 5.96. The normalized spacial score (nSPS) is 29.4. The minimum absolute atomic E-state index is 0.133. The predicted octanol–water partition coefficient (Wildman–Crippen LogP) is 0.818. The molecule has 1 aliphatic rings. The fraction of sp³-hybridized carbons (Fsp3) is 0.923. The molecule has 1 amide bonds. The molecule has 1 saturated carbocycles. The molecule has 0 radical (unpaired) electrons. The van der Waals surface area contributed by atoms with Crippen molar-refractivity contribution in [3.05, 3.63) is 0 Å². The Kier molecular flexibility index (Phi) is 5.92. The van der Waals surface area contributed by atoms with Crippen LogP contribution < -0.4 is 11.1 Å². The highest BCUT2D eigenvalue weighted by Gasteiger charge is 2.28. The summed E-state index contributed by atoms with van der Waals surface area (Å²) in [5, 5.41) is 3.03. The van der Waals surface area contributed by atoms with E-state index in [0.717, 1.165) is 38.8 Å². The van der Waals surface area contributed by atoms with E-state index in [1.807, 2.05) is 14.1 Å². The van der Waals surface area contributed by atoms with Gasteiger partial charge in [0.1, 0.15) is 0 Å². The van der Waals surface area contributed by atoms with Crippen molar-refractivity contribution in [1.82, 2.24) is 10.2 Å². The lowest BCUT2D eigenvalue weighted by Crippen LogP contribution is -2.40. The third-order valence-electron chi connectivity index (χ3n) is 3.43. The molecule has 1 rings (SSSR count). The largest absolute Gasteiger partial charge is 0.356 e. The number of hydrogen-bond acceptors (Lipinski definition) is 3. The highest BCUT2D eigenvalue weighted by molar-refractivity contribution is 5.78. The first-order valence-corrected chi connectivity index (χ1v) is 6.67. The first-order chi connectivity index (χ1) is 7.99. The molecule has 3 unspecified atom stereocenters. The summed E-state index contributed by atoms with van der Waals surface area (Å²) >= 11 is 0. The van der Waals surface area contributed by atoms with Gasteiger partial charge in [-0.1, -0.05) is 6.92 Å². The Morgan fingerprint density at radius 1 is 1.35 bits per heavy atom. The molecule has 100 valence electrons. The average Bonchev–Trinajstić information content (AvgIpc) is 2.22. The van der Waals surface area contributed by atoms with Crippen molar-refractivity contribution >= 4 is 5.91 Å². The van der Waals surface area contributed by atoms with Gasteiger partial charge in [0, 0.05) is 18.5 Å². The first kappa shape index (κ1) is 14.5. The van der Waals surface area contributed by atoms with Crippen LogP contribution in [0.15, 0.2) is 0 Å². The van der Waals surface area contributed by atoms with Gasteiger partial charge in [-0.25, -0.2) is 0 Å². The molecule has 4 nitrogen and oxygen atoms in total. The first-order valence-electron chi connectivity index (χ1n) is 6.67. The molecular formula is C13H27N3O. The van der Waals surface area contributed by atoms with Gasteiger partial charge in [-0.3, -0.25) is 4.79 Å². The van der Waals surface area contributed by atoms with Crippen LogP contribution in [-0.4, -0.2) is 44.0 Å². The second-order valence-electron chi connectivity index (χ2n) is 5.72. The molecule has 1 aliphatic carbocycles. The van der Waals surface area contributed by atoms with Crippen molar-refractivity contribution in [3.8, 4) is 0 Å². The zero-order chi connectivity index (χ0) is 12.8. The lowest BCUT2D eigenvalue weighted by Gasteiger charge is -2.30. The molecule has 0 aromatic carbocycles. The van der Waals surface area contributed by atoms with Gasteiger partial charge in [0.2, 0.25) is 5.91 Å². The molecule has 0 aliphatic heterocycles. The number of nitrogens with zero attached hydrogens (tertiary/aromatic N) is 1. The predicted molar refractivity (Wildman–Crippen MR) is 70.7 cm³/mol. The fourth-order valence-electron chi connectivity index (χ4n) is 2.62. The summed E-state index contributed by atoms with van der Waals surface area (Å²) in [6.07, 6.45) is 3.91. The van der Waals surface area contributed by atoms with Crippen LogP contribution in [0.5, 0.6) is 0 Å². The van der Waals surface area contributed by atoms with E-state index in [-0.39, 0.29) is 17.9 Å². The second kappa shape index (κ2) is 6.97. The number of rotatable bonds is 5. The van der Waals surface area contributed by atoms with Crippen LogP contribution in [0.1, 0.15) is 32.6 Å². The molecule has 0 heterocycles. The summed E-state index contributed by atoms with van der Waals surface area (Å²) in [6.45, 7) is 3.98. The van der Waals surface area contributed by atoms with Crippen LogP contribution in [0.25, 0.3) is 0 Å². The molecule has 0 bridgehead atoms. The molecule has 0 aromatic heterocycles. The highest BCUT2D eigenvalue weighted by atomic mass is 16.1. The molecule has 4 heteroatoms. The van der Waals surface area contributed by atoms with Gasteiger partial charge in [-0.05, 0) is 52.2 Å². The number of carbonyl (C=O) groups is 1. The van der Waals surface area contributed by atoms with Gasteiger partial charge in [0.25, 0.3) is 0 Å². The molecular weight excluding hydrogens is 214 g/mol. The maximum atomic E-state index is 12.0. The average molecular weight is 241 g/mol. The summed E-state index contributed by atoms with van der Waals surface area (Å²) in [4.78, 5) is 14.1. The number of carbonyl (C=O) groups excluding carboxylic acids is 1. The van der Waals surface area contributed by atoms with Crippen molar-refractivity contribution in [2.75, 3.05) is 27.2 Å². The van der Waals surface area contributed by atoms with Crippen LogP contribution >= 0.6 is 0 Å². The smallest absolute Gasteiger partial charge is 0.223 e. The zero-order valence-corrected chi connectivity index (χ0v) is 11.4. The lowest BCUT2D eigenvalue weighted by atomic mass is 9.79. The van der Waals surface area contributed by atoms with Gasteiger partial charge >= 0.3 is 0 Å². The number of hydrogen-bond donors (Lipinski definition) is 2. The molecule has 3 atom stereocenters. The van der Waals surface area contributed by atoms with Crippen LogP contribution in [0, 0.1) is 11.8 Å². The quantitative estimate of drug-likeness (QED) is 0.701. The van der Waals surface area contributed by atoms with E-state index in [4.69, 9.17) is 5.73 Å². The summed E-state index contributed by atoms with van der Waals surface area (Å²) in [5.74, 6) is 0.912. The van der Waals surface area contributed by atoms with Crippen molar-refractivity contribution in [2.24, 2.45) is 17.6 Å². The second-order valence-corrected chi connectivity index (χ2v) is 5.72. The van der Waals surface area contributed by atoms with E-state index >= 15 is 0 Å². The van der Waals surface area contributed by atoms with E-state index < -0.39 is 0 Å². The van der Waals surface area contributed by atoms with Crippen LogP contribution in [0.3, 0.4) is 0 Å². The van der Waals surface area contributed by atoms with Crippen molar-refractivity contribution in [2.45, 2.75) is 38.6 Å². The van der Waals surface area contributed by atoms with Crippen molar-refractivity contribution < 1.29 is 4.79 Å². The SMILES string of the molecule is CC1CC(N)CC(C(=O)NCCCN(C)C)C1. The zero-order valence-electron chi connectivity index (χ0n) is 11.4. The van der Waals surface area contributed by atoms with E-state index in [2.05, 4.69) is 17.1 Å². The minimum atomic E-state index is 0.133. The van der Waals surface area contributed by atoms with Crippen LogP contribution in [0.2, 0.25) is 0 Å². The maximum Gasteiger partial charge on any atom is 0.223 e. The Balaban J connectivity index is 2.22. The maximum absolute atomic E-state index is 12.0. The van der Waals surface area contributed by atoms with Gasteiger partial charge in [-0.15, -0.1) is 0 Å². The van der Waals surface area contributed by atoms with Gasteiger partial charge < -0.3 is 16.0 Å². The van der Waals surface area contributed by atoms with Crippen molar-refractivity contribution in [3.63, 3.8) is 0 Å². The van der Waals surface area contributed by atoms with Crippen LogP contribution in [0.4, 0.5) is 0 Å². The van der Waals surface area contributed by atoms with Crippen LogP contribution in [-0.2, 0) is 4.79 Å². The number of amides is 1. The summed E-state index contributed by atoms with van der Waals surface area (Å²) in [7, 11) is 4.09. The standard InChI is InChI=1S/C13H27N3O/c1-10-7-11(9-12(14)8-10)13(17)15-5-4-6-16(2)3/h10-12H,4-9,14H2,1-3H3,(H,15,17). The Labute approximate surface area is 105 Å². The Hall–Kier alpha value is -0.610. The van der Waals surface area contributed by atoms with E-state index in [1.54, 1.807) is 0 Å². The summed E-state index contributed by atoms with van der Waals surface area (Å²) in [6, 6.07) is 0.205. The Bertz CT molecular complexity index is 233. The highest BCUT2D eigenvalue weighted by Crippen LogP contribution is 2.27. The molecule has 3 N–H and O–H groups in total. The molecule has 1 fully saturated rings. The van der Waals surface area contributed by atoms with E-state index in [0.29, 0.717) is 5.92 Å². The molecule has 0 spiro atoms. The summed E-state index contributed by atoms with van der Waals surface area (Å²) < 4.78 is 0. The monoisotopic (exact) mass is 241 g/mol. The number of nitrogens with two attached hydrogens (primary N) is 1. The molecule has 17 heavy (non-hydrogen) atoms. The van der Waals surface area contributed by atoms with E-state index in [9.17, 15) is 4.79 Å². The third kappa shape index (κ3) is 5.50. The molecule has 0 aromatic rings. The minimum Gasteiger partial charge on any atom is -0.356 e. The Morgan fingerprint density at radius 3 is 2.65 bits per heavy atom. The van der Waals surface area contributed by atoms with Crippen molar-refractivity contribution in [1.29, 1.82) is 0 Å². The third-order valence-corrected chi connectivity index (χ3v) is 3.43. The fourth-order valence-corrected chi connectivity index (χ4v) is 2.62. The molecule has 0 saturated heterocycles. The topological polar surface area (TPSA) is 58.4 Å². The number of nitrogens with one attached hydrogen (secondary N) is 1. The van der Waals surface area contributed by atoms with E-state index in [1.165, 1.54) is 0 Å². The van der Waals surface area contributed by atoms with Gasteiger partial charge in [0.15, 0.2) is 0 Å². The van der Waals surface area contributed by atoms with Gasteiger partial charge in [-0.2, -0.15) is 0 Å². The Morgan fingerprint density at radius 2 is 2.06 bits per heavy atom. The van der Waals surface area contributed by atoms with Gasteiger partial charge in [0.05, 0.1) is 0 Å².